The van der Waals surface area contributed by atoms with E-state index in [2.05, 4.69) is 0 Å². The minimum atomic E-state index is 0.197. The van der Waals surface area contributed by atoms with E-state index >= 15 is 0 Å². The molecule has 0 aromatic heterocycles. The summed E-state index contributed by atoms with van der Waals surface area (Å²) in [6.45, 7) is 0. The van der Waals surface area contributed by atoms with E-state index in [0.717, 1.165) is 12.7 Å². The fraction of sp³-hybridized carbons (Fsp3) is 0.750. The lowest BCUT2D eigenvalue weighted by atomic mass is 10.5. The average Bonchev–Trinajstić information content (AvgIpc) is 2.19. The van der Waals surface area contributed by atoms with Crippen LogP contribution in [0.3, 0.4) is 0 Å². The Morgan fingerprint density at radius 3 is 2.33 bits per heavy atom. The second kappa shape index (κ2) is 1.05. The Morgan fingerprint density at radius 1 is 1.83 bits per heavy atom. The summed E-state index contributed by atoms with van der Waals surface area (Å²) >= 11 is 0. The number of nitrogens with two attached hydrogens (primary N) is 1. The van der Waals surface area contributed by atoms with Gasteiger partial charge in [0.05, 0.1) is 0 Å². The van der Waals surface area contributed by atoms with E-state index in [1.54, 1.807) is 0 Å². The molecule has 2 N–H and O–H groups in total. The highest BCUT2D eigenvalue weighted by molar-refractivity contribution is 5.59. The molecular weight excluding hydrogens is 78.0 g/mol. The fourth-order valence-corrected chi connectivity index (χ4v) is 0.392. The maximum absolute atomic E-state index is 9.70. The zero-order valence-electron chi connectivity index (χ0n) is 3.42. The SMILES string of the molecule is N[C@@H]1CC1C=O. The first-order chi connectivity index (χ1) is 2.84. The first-order valence-corrected chi connectivity index (χ1v) is 2.05. The number of rotatable bonds is 1. The molecule has 1 rings (SSSR count). The topological polar surface area (TPSA) is 43.1 Å². The van der Waals surface area contributed by atoms with E-state index in [9.17, 15) is 4.79 Å². The van der Waals surface area contributed by atoms with Gasteiger partial charge < -0.3 is 10.5 Å². The fourth-order valence-electron chi connectivity index (χ4n) is 0.392. The molecule has 1 fully saturated rings. The number of hydrogen-bond donors (Lipinski definition) is 1. The van der Waals surface area contributed by atoms with Crippen LogP contribution in [0.2, 0.25) is 0 Å². The molecule has 0 radical (unpaired) electrons. The maximum Gasteiger partial charge on any atom is 0.124 e. The van der Waals surface area contributed by atoms with E-state index < -0.39 is 0 Å². The van der Waals surface area contributed by atoms with Gasteiger partial charge in [-0.3, -0.25) is 0 Å². The molecule has 0 amide bonds. The van der Waals surface area contributed by atoms with Crippen molar-refractivity contribution in [3.05, 3.63) is 0 Å². The highest BCUT2D eigenvalue weighted by atomic mass is 16.1. The molecule has 0 aromatic carbocycles. The number of carbonyl (C=O) groups is 1. The predicted octanol–water partition coefficient (Wildman–Crippen LogP) is -0.468. The summed E-state index contributed by atoms with van der Waals surface area (Å²) in [6, 6.07) is 0.197. The lowest BCUT2D eigenvalue weighted by Gasteiger charge is -1.69. The molecule has 1 saturated carbocycles. The largest absolute Gasteiger partial charge is 0.327 e. The summed E-state index contributed by atoms with van der Waals surface area (Å²) in [6.07, 6.45) is 1.83. The van der Waals surface area contributed by atoms with Gasteiger partial charge >= 0.3 is 0 Å². The Kier molecular flexibility index (Phi) is 0.665. The molecule has 1 aliphatic rings. The summed E-state index contributed by atoms with van der Waals surface area (Å²) in [5.41, 5.74) is 5.25. The molecule has 6 heavy (non-hydrogen) atoms. The number of aldehydes is 1. The van der Waals surface area contributed by atoms with Gasteiger partial charge in [-0.15, -0.1) is 0 Å². The second-order valence-corrected chi connectivity index (χ2v) is 1.70. The van der Waals surface area contributed by atoms with Crippen molar-refractivity contribution in [2.75, 3.05) is 0 Å². The molecule has 2 atom stereocenters. The van der Waals surface area contributed by atoms with E-state index in [4.69, 9.17) is 5.73 Å². The van der Waals surface area contributed by atoms with Crippen molar-refractivity contribution in [3.8, 4) is 0 Å². The molecule has 0 aliphatic heterocycles. The smallest absolute Gasteiger partial charge is 0.124 e. The highest BCUT2D eigenvalue weighted by Crippen LogP contribution is 2.24. The van der Waals surface area contributed by atoms with Gasteiger partial charge in [-0.2, -0.15) is 0 Å². The molecule has 1 aliphatic carbocycles. The van der Waals surface area contributed by atoms with Crippen LogP contribution in [0.5, 0.6) is 0 Å². The second-order valence-electron chi connectivity index (χ2n) is 1.70. The van der Waals surface area contributed by atoms with Crippen LogP contribution in [0, 0.1) is 5.92 Å². The summed E-state index contributed by atoms with van der Waals surface area (Å²) in [5.74, 6) is 0.199. The third-order valence-corrected chi connectivity index (χ3v) is 1.07. The molecule has 0 bridgehead atoms. The lowest BCUT2D eigenvalue weighted by molar-refractivity contribution is -0.108. The highest BCUT2D eigenvalue weighted by Gasteiger charge is 2.32. The average molecular weight is 85.1 g/mol. The third-order valence-electron chi connectivity index (χ3n) is 1.07. The van der Waals surface area contributed by atoms with Crippen molar-refractivity contribution in [2.45, 2.75) is 12.5 Å². The molecule has 2 nitrogen and oxygen atoms in total. The van der Waals surface area contributed by atoms with Crippen molar-refractivity contribution < 1.29 is 4.79 Å². The Bertz CT molecular complexity index is 71.9. The number of carbonyl (C=O) groups excluding carboxylic acids is 1. The first-order valence-electron chi connectivity index (χ1n) is 2.05. The van der Waals surface area contributed by atoms with Gasteiger partial charge in [0.1, 0.15) is 6.29 Å². The van der Waals surface area contributed by atoms with Gasteiger partial charge in [0.15, 0.2) is 0 Å². The third kappa shape index (κ3) is 0.431. The Morgan fingerprint density at radius 2 is 2.33 bits per heavy atom. The van der Waals surface area contributed by atoms with E-state index in [1.165, 1.54) is 0 Å². The minimum absolute atomic E-state index is 0.197. The summed E-state index contributed by atoms with van der Waals surface area (Å²) < 4.78 is 0. The van der Waals surface area contributed by atoms with Crippen molar-refractivity contribution in [1.29, 1.82) is 0 Å². The van der Waals surface area contributed by atoms with Gasteiger partial charge in [0.2, 0.25) is 0 Å². The monoisotopic (exact) mass is 85.1 g/mol. The molecule has 0 aromatic rings. The van der Waals surface area contributed by atoms with Crippen LogP contribution in [0.15, 0.2) is 0 Å². The van der Waals surface area contributed by atoms with Crippen LogP contribution in [-0.4, -0.2) is 12.3 Å². The van der Waals surface area contributed by atoms with Crippen LogP contribution in [0.1, 0.15) is 6.42 Å². The van der Waals surface area contributed by atoms with Crippen LogP contribution in [0.4, 0.5) is 0 Å². The molecule has 34 valence electrons. The molecule has 2 heteroatoms. The molecule has 0 saturated heterocycles. The Balaban J connectivity index is 2.25. The van der Waals surface area contributed by atoms with Gasteiger partial charge in [-0.05, 0) is 6.42 Å². The molecular formula is C4H7NO. The predicted molar refractivity (Wildman–Crippen MR) is 22.1 cm³/mol. The molecule has 0 heterocycles. The van der Waals surface area contributed by atoms with Crippen LogP contribution in [0.25, 0.3) is 0 Å². The van der Waals surface area contributed by atoms with Crippen molar-refractivity contribution in [2.24, 2.45) is 11.7 Å². The quantitative estimate of drug-likeness (QED) is 0.437. The van der Waals surface area contributed by atoms with Crippen molar-refractivity contribution in [1.82, 2.24) is 0 Å². The van der Waals surface area contributed by atoms with Crippen LogP contribution < -0.4 is 5.73 Å². The van der Waals surface area contributed by atoms with Gasteiger partial charge in [0.25, 0.3) is 0 Å². The zero-order valence-corrected chi connectivity index (χ0v) is 3.42. The van der Waals surface area contributed by atoms with Crippen molar-refractivity contribution in [3.63, 3.8) is 0 Å². The minimum Gasteiger partial charge on any atom is -0.327 e. The first kappa shape index (κ1) is 3.81. The van der Waals surface area contributed by atoms with Gasteiger partial charge in [0, 0.05) is 12.0 Å². The van der Waals surface area contributed by atoms with E-state index in [1.807, 2.05) is 0 Å². The molecule has 0 spiro atoms. The van der Waals surface area contributed by atoms with Gasteiger partial charge in [-0.1, -0.05) is 0 Å². The standard InChI is InChI=1S/C4H7NO/c5-4-1-3(4)2-6/h2-4H,1,5H2/t3?,4-/m1/s1. The summed E-state index contributed by atoms with van der Waals surface area (Å²) in [5, 5.41) is 0. The Labute approximate surface area is 36.3 Å². The lowest BCUT2D eigenvalue weighted by Crippen LogP contribution is -2.01. The zero-order chi connectivity index (χ0) is 4.57. The number of hydrogen-bond acceptors (Lipinski definition) is 2. The summed E-state index contributed by atoms with van der Waals surface area (Å²) in [4.78, 5) is 9.70. The Hall–Kier alpha value is -0.370. The van der Waals surface area contributed by atoms with Crippen LogP contribution >= 0.6 is 0 Å². The maximum atomic E-state index is 9.70. The van der Waals surface area contributed by atoms with E-state index in [0.29, 0.717) is 0 Å². The van der Waals surface area contributed by atoms with Crippen molar-refractivity contribution >= 4 is 6.29 Å². The summed E-state index contributed by atoms with van der Waals surface area (Å²) in [7, 11) is 0. The van der Waals surface area contributed by atoms with Crippen LogP contribution in [-0.2, 0) is 4.79 Å². The van der Waals surface area contributed by atoms with E-state index in [-0.39, 0.29) is 12.0 Å². The van der Waals surface area contributed by atoms with Gasteiger partial charge in [-0.25, -0.2) is 0 Å². The molecule has 1 unspecified atom stereocenters. The normalized spacial score (nSPS) is 42.2.